The Kier molecular flexibility index (Phi) is 13.6. The van der Waals surface area contributed by atoms with E-state index in [0.29, 0.717) is 22.8 Å². The summed E-state index contributed by atoms with van der Waals surface area (Å²) >= 11 is 0. The second kappa shape index (κ2) is 17.1. The van der Waals surface area contributed by atoms with Gasteiger partial charge in [-0.05, 0) is 67.4 Å². The Bertz CT molecular complexity index is 1760. The molecule has 4 aromatic rings. The molecule has 0 spiro atoms. The molecule has 8 nitrogen and oxygen atoms in total. The lowest BCUT2D eigenvalue weighted by Gasteiger charge is -2.16. The number of hydrogen-bond donors (Lipinski definition) is 2. The predicted molar refractivity (Wildman–Crippen MR) is 175 cm³/mol. The van der Waals surface area contributed by atoms with Gasteiger partial charge in [-0.3, -0.25) is 9.36 Å². The highest BCUT2D eigenvalue weighted by atomic mass is 32.2. The van der Waals surface area contributed by atoms with Crippen LogP contribution in [-0.4, -0.2) is 29.8 Å². The van der Waals surface area contributed by atoms with E-state index in [1.165, 1.54) is 51.4 Å². The Morgan fingerprint density at radius 1 is 0.915 bits per heavy atom. The third-order valence-electron chi connectivity index (χ3n) is 7.68. The summed E-state index contributed by atoms with van der Waals surface area (Å²) in [5.74, 6) is -0.932. The van der Waals surface area contributed by atoms with Crippen LogP contribution >= 0.6 is 0 Å². The summed E-state index contributed by atoms with van der Waals surface area (Å²) < 4.78 is 69.5. The zero-order valence-corrected chi connectivity index (χ0v) is 27.4. The van der Waals surface area contributed by atoms with Crippen LogP contribution in [-0.2, 0) is 22.6 Å². The van der Waals surface area contributed by atoms with Gasteiger partial charge in [-0.25, -0.2) is 13.2 Å². The van der Waals surface area contributed by atoms with Crippen molar-refractivity contribution in [2.45, 2.75) is 82.8 Å². The molecule has 0 atom stereocenters. The fourth-order valence-electron chi connectivity index (χ4n) is 5.05. The van der Waals surface area contributed by atoms with E-state index >= 15 is 0 Å². The number of sulfone groups is 1. The molecule has 0 saturated carbocycles. The van der Waals surface area contributed by atoms with Crippen molar-refractivity contribution in [2.75, 3.05) is 5.75 Å². The van der Waals surface area contributed by atoms with E-state index in [1.807, 2.05) is 0 Å². The summed E-state index contributed by atoms with van der Waals surface area (Å²) in [5.41, 5.74) is 4.51. The number of alkyl halides is 3. The first-order valence-electron chi connectivity index (χ1n) is 15.5. The first-order valence-corrected chi connectivity index (χ1v) is 17.2. The zero-order valence-electron chi connectivity index (χ0n) is 26.6. The minimum atomic E-state index is -4.60. The molecule has 0 aliphatic heterocycles. The largest absolute Gasteiger partial charge is 0.477 e. The molecule has 0 aliphatic rings. The van der Waals surface area contributed by atoms with Gasteiger partial charge in [0.1, 0.15) is 11.3 Å². The van der Waals surface area contributed by atoms with Crippen LogP contribution in [0.5, 0.6) is 0 Å². The number of benzene rings is 2. The van der Waals surface area contributed by atoms with E-state index in [-0.39, 0.29) is 17.1 Å². The van der Waals surface area contributed by atoms with Gasteiger partial charge < -0.3 is 15.3 Å². The first kappa shape index (κ1) is 37.3. The molecule has 2 aromatic heterocycles. The number of unbranched alkanes of at least 4 members (excludes halogenated alkanes) is 7. The summed E-state index contributed by atoms with van der Waals surface area (Å²) in [5, 5.41) is 9.31. The van der Waals surface area contributed by atoms with Crippen LogP contribution in [0.15, 0.2) is 87.1 Å². The van der Waals surface area contributed by atoms with Crippen LogP contribution in [0.4, 0.5) is 13.2 Å². The number of aromatic carboxylic acids is 1. The number of halogens is 3. The number of carboxylic acids is 1. The number of aromatic nitrogens is 1. The van der Waals surface area contributed by atoms with Crippen LogP contribution in [0.2, 0.25) is 0 Å². The van der Waals surface area contributed by atoms with Gasteiger partial charge in [-0.15, -0.1) is 0 Å². The molecule has 0 aliphatic carbocycles. The Morgan fingerprint density at radius 2 is 1.55 bits per heavy atom. The normalized spacial score (nSPS) is 11.6. The van der Waals surface area contributed by atoms with Crippen molar-refractivity contribution in [1.29, 1.82) is 0 Å². The Hall–Kier alpha value is -4.16. The molecule has 4 rings (SSSR count). The first-order chi connectivity index (χ1) is 22.3. The standard InChI is InChI=1S/C18H12F3NO4.C17H29NO2S/c1-10-13(15-6-3-7-26-15)9-14(17(24)25)16(23)22(10)12-5-2-4-11(8-12)18(19,20)21;1-2-3-4-5-6-7-8-9-14-21(19,20)17-12-10-16(15-18)11-13-17/h2-9H,1H3,(H,24,25);10-13H,2-9,14-15,18H2,1H3. The van der Waals surface area contributed by atoms with Gasteiger partial charge in [0.15, 0.2) is 9.84 Å². The van der Waals surface area contributed by atoms with Crippen molar-refractivity contribution in [3.8, 4) is 17.0 Å². The minimum absolute atomic E-state index is 0.0850. The van der Waals surface area contributed by atoms with Crippen LogP contribution in [0.3, 0.4) is 0 Å². The smallest absolute Gasteiger partial charge is 0.416 e. The van der Waals surface area contributed by atoms with Crippen LogP contribution in [0.1, 0.15) is 85.5 Å². The second-order valence-corrected chi connectivity index (χ2v) is 13.3. The lowest BCUT2D eigenvalue weighted by atomic mass is 10.1. The molecule has 2 heterocycles. The number of pyridine rings is 1. The van der Waals surface area contributed by atoms with Crippen molar-refractivity contribution < 1.29 is 35.9 Å². The van der Waals surface area contributed by atoms with E-state index in [2.05, 4.69) is 6.92 Å². The quantitative estimate of drug-likeness (QED) is 0.129. The summed E-state index contributed by atoms with van der Waals surface area (Å²) in [6.07, 6.45) is 6.08. The maximum absolute atomic E-state index is 13.0. The predicted octanol–water partition coefficient (Wildman–Crippen LogP) is 8.18. The lowest BCUT2D eigenvalue weighted by Crippen LogP contribution is -2.27. The molecule has 47 heavy (non-hydrogen) atoms. The number of carbonyl (C=O) groups is 1. The highest BCUT2D eigenvalue weighted by Gasteiger charge is 2.31. The SMILES string of the molecule is CCCCCCCCCCS(=O)(=O)c1ccc(CN)cc1.Cc1c(-c2ccco2)cc(C(=O)O)c(=O)n1-c1cccc(C(F)(F)F)c1. The van der Waals surface area contributed by atoms with Crippen LogP contribution in [0, 0.1) is 6.92 Å². The number of nitrogens with two attached hydrogens (primary N) is 1. The van der Waals surface area contributed by atoms with Crippen molar-refractivity contribution in [1.82, 2.24) is 4.57 Å². The number of carboxylic acid groups (broad SMARTS) is 1. The monoisotopic (exact) mass is 674 g/mol. The van der Waals surface area contributed by atoms with Gasteiger partial charge in [-0.2, -0.15) is 13.2 Å². The Labute approximate surface area is 273 Å². The molecule has 0 radical (unpaired) electrons. The van der Waals surface area contributed by atoms with Gasteiger partial charge in [0, 0.05) is 23.5 Å². The van der Waals surface area contributed by atoms with E-state index in [4.69, 9.17) is 10.2 Å². The maximum Gasteiger partial charge on any atom is 0.416 e. The molecule has 2 aromatic carbocycles. The molecule has 0 bridgehead atoms. The number of rotatable bonds is 14. The van der Waals surface area contributed by atoms with Crippen molar-refractivity contribution in [2.24, 2.45) is 5.73 Å². The van der Waals surface area contributed by atoms with E-state index in [1.54, 1.807) is 36.4 Å². The molecule has 0 saturated heterocycles. The van der Waals surface area contributed by atoms with Crippen molar-refractivity contribution >= 4 is 15.8 Å². The molecule has 0 amide bonds. The summed E-state index contributed by atoms with van der Waals surface area (Å²) in [6, 6.07) is 15.4. The number of hydrogen-bond acceptors (Lipinski definition) is 6. The van der Waals surface area contributed by atoms with Gasteiger partial charge in [-0.1, -0.05) is 70.1 Å². The van der Waals surface area contributed by atoms with Gasteiger partial charge in [0.05, 0.1) is 22.5 Å². The highest BCUT2D eigenvalue weighted by molar-refractivity contribution is 7.91. The third-order valence-corrected chi connectivity index (χ3v) is 9.50. The molecule has 0 unspecified atom stereocenters. The molecule has 12 heteroatoms. The van der Waals surface area contributed by atoms with Crippen LogP contribution in [0.25, 0.3) is 17.0 Å². The Balaban J connectivity index is 0.000000262. The van der Waals surface area contributed by atoms with E-state index in [0.717, 1.165) is 53.7 Å². The average Bonchev–Trinajstić information content (AvgIpc) is 3.57. The zero-order chi connectivity index (χ0) is 34.6. The summed E-state index contributed by atoms with van der Waals surface area (Å²) in [6.45, 7) is 4.16. The molecule has 254 valence electrons. The maximum atomic E-state index is 13.0. The summed E-state index contributed by atoms with van der Waals surface area (Å²) in [4.78, 5) is 24.4. The van der Waals surface area contributed by atoms with E-state index in [9.17, 15) is 36.3 Å². The third kappa shape index (κ3) is 10.4. The topological polar surface area (TPSA) is 133 Å². The minimum Gasteiger partial charge on any atom is -0.477 e. The second-order valence-electron chi connectivity index (χ2n) is 11.2. The Morgan fingerprint density at radius 3 is 2.11 bits per heavy atom. The van der Waals surface area contributed by atoms with Crippen LogP contribution < -0.4 is 11.3 Å². The van der Waals surface area contributed by atoms with E-state index < -0.39 is 38.7 Å². The molecule has 3 N–H and O–H groups in total. The molecular weight excluding hydrogens is 633 g/mol. The lowest BCUT2D eigenvalue weighted by molar-refractivity contribution is -0.137. The molecule has 0 fully saturated rings. The van der Waals surface area contributed by atoms with Gasteiger partial charge in [0.25, 0.3) is 5.56 Å². The fourth-order valence-corrected chi connectivity index (χ4v) is 6.42. The number of nitrogens with zero attached hydrogens (tertiary/aromatic N) is 1. The van der Waals surface area contributed by atoms with Crippen molar-refractivity contribution in [3.05, 3.63) is 106 Å². The van der Waals surface area contributed by atoms with Gasteiger partial charge >= 0.3 is 12.1 Å². The average molecular weight is 675 g/mol. The van der Waals surface area contributed by atoms with Gasteiger partial charge in [0.2, 0.25) is 0 Å². The van der Waals surface area contributed by atoms with Crippen molar-refractivity contribution in [3.63, 3.8) is 0 Å². The fraction of sp³-hybridized carbons (Fsp3) is 0.371. The highest BCUT2D eigenvalue weighted by Crippen LogP contribution is 2.31. The number of furan rings is 1. The summed E-state index contributed by atoms with van der Waals surface area (Å²) in [7, 11) is -3.13. The molecular formula is C35H41F3N2O6S.